The Kier molecular flexibility index (Phi) is 3.23. The predicted octanol–water partition coefficient (Wildman–Crippen LogP) is 3.36. The zero-order chi connectivity index (χ0) is 13.1. The van der Waals surface area contributed by atoms with Crippen molar-refractivity contribution in [1.29, 1.82) is 0 Å². The van der Waals surface area contributed by atoms with Gasteiger partial charge in [0, 0.05) is 24.4 Å². The Labute approximate surface area is 111 Å². The van der Waals surface area contributed by atoms with Crippen LogP contribution in [0.2, 0.25) is 0 Å². The van der Waals surface area contributed by atoms with Crippen molar-refractivity contribution in [1.82, 2.24) is 19.9 Å². The Morgan fingerprint density at radius 2 is 2.00 bits per heavy atom. The average Bonchev–Trinajstić information content (AvgIpc) is 2.87. The van der Waals surface area contributed by atoms with Crippen molar-refractivity contribution in [2.45, 2.75) is 26.2 Å². The summed E-state index contributed by atoms with van der Waals surface area (Å²) < 4.78 is 0. The first-order valence-corrected chi connectivity index (χ1v) is 6.63. The van der Waals surface area contributed by atoms with Crippen LogP contribution < -0.4 is 0 Å². The number of unbranched alkanes of at least 4 members (excludes halogenated alkanes) is 1. The van der Waals surface area contributed by atoms with Gasteiger partial charge in [0.15, 0.2) is 5.82 Å². The number of aromatic nitrogens is 4. The monoisotopic (exact) mass is 252 g/mol. The summed E-state index contributed by atoms with van der Waals surface area (Å²) in [5, 5.41) is 0. The first-order valence-electron chi connectivity index (χ1n) is 6.63. The van der Waals surface area contributed by atoms with Gasteiger partial charge in [0.1, 0.15) is 5.82 Å². The number of aromatic amines is 1. The van der Waals surface area contributed by atoms with Crippen LogP contribution in [0.15, 0.2) is 36.7 Å². The van der Waals surface area contributed by atoms with Gasteiger partial charge in [0.05, 0.1) is 11.0 Å². The quantitative estimate of drug-likeness (QED) is 0.774. The van der Waals surface area contributed by atoms with Crippen LogP contribution in [0.25, 0.3) is 22.4 Å². The number of nitrogens with one attached hydrogen (secondary N) is 1. The van der Waals surface area contributed by atoms with E-state index >= 15 is 0 Å². The van der Waals surface area contributed by atoms with E-state index in [2.05, 4.69) is 32.9 Å². The van der Waals surface area contributed by atoms with Crippen LogP contribution in [0.5, 0.6) is 0 Å². The number of rotatable bonds is 4. The standard InChI is InChI=1S/C15H16N4/c1-2-3-5-14-18-12-7-6-11(10-13(12)19-14)15-16-8-4-9-17-15/h4,6-10H,2-3,5H2,1H3,(H,18,19). The van der Waals surface area contributed by atoms with Crippen LogP contribution in [0, 0.1) is 0 Å². The lowest BCUT2D eigenvalue weighted by molar-refractivity contribution is 0.765. The van der Waals surface area contributed by atoms with Crippen LogP contribution in [-0.4, -0.2) is 19.9 Å². The van der Waals surface area contributed by atoms with Gasteiger partial charge >= 0.3 is 0 Å². The molecule has 0 bridgehead atoms. The highest BCUT2D eigenvalue weighted by Crippen LogP contribution is 2.20. The second-order valence-corrected chi connectivity index (χ2v) is 4.59. The maximum atomic E-state index is 4.59. The molecule has 0 amide bonds. The summed E-state index contributed by atoms with van der Waals surface area (Å²) in [6, 6.07) is 7.92. The van der Waals surface area contributed by atoms with E-state index in [1.165, 1.54) is 6.42 Å². The molecule has 0 radical (unpaired) electrons. The highest BCUT2D eigenvalue weighted by Gasteiger charge is 2.05. The molecule has 0 aliphatic heterocycles. The fourth-order valence-electron chi connectivity index (χ4n) is 2.11. The molecule has 2 heterocycles. The molecule has 0 aliphatic carbocycles. The number of hydrogen-bond donors (Lipinski definition) is 1. The van der Waals surface area contributed by atoms with E-state index in [9.17, 15) is 0 Å². The molecule has 2 aromatic heterocycles. The molecular formula is C15H16N4. The minimum absolute atomic E-state index is 0.745. The van der Waals surface area contributed by atoms with Crippen LogP contribution in [0.1, 0.15) is 25.6 Å². The van der Waals surface area contributed by atoms with Gasteiger partial charge in [-0.2, -0.15) is 0 Å². The third-order valence-electron chi connectivity index (χ3n) is 3.12. The van der Waals surface area contributed by atoms with Crippen molar-refractivity contribution in [3.05, 3.63) is 42.5 Å². The SMILES string of the molecule is CCCCc1nc2ccc(-c3ncccn3)cc2[nH]1. The summed E-state index contributed by atoms with van der Waals surface area (Å²) >= 11 is 0. The Morgan fingerprint density at radius 3 is 2.79 bits per heavy atom. The normalized spacial score (nSPS) is 11.0. The molecule has 19 heavy (non-hydrogen) atoms. The lowest BCUT2D eigenvalue weighted by atomic mass is 10.2. The molecule has 0 aliphatic rings. The lowest BCUT2D eigenvalue weighted by Crippen LogP contribution is -1.86. The molecule has 0 atom stereocenters. The van der Waals surface area contributed by atoms with Crippen LogP contribution >= 0.6 is 0 Å². The molecule has 4 heteroatoms. The Hall–Kier alpha value is -2.23. The van der Waals surface area contributed by atoms with E-state index in [4.69, 9.17) is 0 Å². The van der Waals surface area contributed by atoms with Crippen molar-refractivity contribution in [3.8, 4) is 11.4 Å². The van der Waals surface area contributed by atoms with Crippen molar-refractivity contribution in [2.24, 2.45) is 0 Å². The van der Waals surface area contributed by atoms with Crippen molar-refractivity contribution >= 4 is 11.0 Å². The van der Waals surface area contributed by atoms with Crippen LogP contribution in [-0.2, 0) is 6.42 Å². The smallest absolute Gasteiger partial charge is 0.159 e. The van der Waals surface area contributed by atoms with E-state index in [0.29, 0.717) is 0 Å². The molecule has 4 nitrogen and oxygen atoms in total. The van der Waals surface area contributed by atoms with Crippen LogP contribution in [0.4, 0.5) is 0 Å². The maximum absolute atomic E-state index is 4.59. The second-order valence-electron chi connectivity index (χ2n) is 4.59. The molecule has 1 N–H and O–H groups in total. The fourth-order valence-corrected chi connectivity index (χ4v) is 2.11. The van der Waals surface area contributed by atoms with E-state index in [0.717, 1.165) is 41.1 Å². The van der Waals surface area contributed by atoms with E-state index in [1.54, 1.807) is 12.4 Å². The van der Waals surface area contributed by atoms with Crippen LogP contribution in [0.3, 0.4) is 0 Å². The minimum atomic E-state index is 0.745. The van der Waals surface area contributed by atoms with Gasteiger partial charge in [-0.1, -0.05) is 13.3 Å². The summed E-state index contributed by atoms with van der Waals surface area (Å²) in [6.45, 7) is 2.19. The third kappa shape index (κ3) is 2.47. The number of benzene rings is 1. The number of aryl methyl sites for hydroxylation is 1. The zero-order valence-electron chi connectivity index (χ0n) is 10.9. The third-order valence-corrected chi connectivity index (χ3v) is 3.12. The highest BCUT2D eigenvalue weighted by molar-refractivity contribution is 5.80. The summed E-state index contributed by atoms with van der Waals surface area (Å²) in [4.78, 5) is 16.5. The van der Waals surface area contributed by atoms with Gasteiger partial charge in [0.25, 0.3) is 0 Å². The first-order chi connectivity index (χ1) is 9.36. The predicted molar refractivity (Wildman–Crippen MR) is 75.7 cm³/mol. The lowest BCUT2D eigenvalue weighted by Gasteiger charge is -1.98. The summed E-state index contributed by atoms with van der Waals surface area (Å²) in [6.07, 6.45) is 6.86. The fraction of sp³-hybridized carbons (Fsp3) is 0.267. The molecule has 0 saturated carbocycles. The molecule has 3 aromatic rings. The van der Waals surface area contributed by atoms with Gasteiger partial charge in [-0.15, -0.1) is 0 Å². The van der Waals surface area contributed by atoms with E-state index < -0.39 is 0 Å². The Bertz CT molecular complexity index is 673. The van der Waals surface area contributed by atoms with Gasteiger partial charge in [0.2, 0.25) is 0 Å². The van der Waals surface area contributed by atoms with Gasteiger partial charge in [-0.25, -0.2) is 15.0 Å². The number of hydrogen-bond acceptors (Lipinski definition) is 3. The molecule has 0 fully saturated rings. The first kappa shape index (κ1) is 11.8. The zero-order valence-corrected chi connectivity index (χ0v) is 10.9. The molecule has 0 unspecified atom stereocenters. The topological polar surface area (TPSA) is 54.5 Å². The number of imidazole rings is 1. The van der Waals surface area contributed by atoms with Crippen molar-refractivity contribution < 1.29 is 0 Å². The summed E-state index contributed by atoms with van der Waals surface area (Å²) in [5.41, 5.74) is 3.07. The van der Waals surface area contributed by atoms with E-state index in [1.807, 2.05) is 18.2 Å². The molecule has 0 spiro atoms. The molecule has 96 valence electrons. The second kappa shape index (κ2) is 5.18. The van der Waals surface area contributed by atoms with E-state index in [-0.39, 0.29) is 0 Å². The number of nitrogens with zero attached hydrogens (tertiary/aromatic N) is 3. The van der Waals surface area contributed by atoms with Gasteiger partial charge in [-0.3, -0.25) is 0 Å². The van der Waals surface area contributed by atoms with Gasteiger partial charge < -0.3 is 4.98 Å². The Morgan fingerprint density at radius 1 is 1.16 bits per heavy atom. The highest BCUT2D eigenvalue weighted by atomic mass is 14.9. The maximum Gasteiger partial charge on any atom is 0.159 e. The minimum Gasteiger partial charge on any atom is -0.342 e. The summed E-state index contributed by atoms with van der Waals surface area (Å²) in [7, 11) is 0. The summed E-state index contributed by atoms with van der Waals surface area (Å²) in [5.74, 6) is 1.80. The molecule has 0 saturated heterocycles. The molecular weight excluding hydrogens is 236 g/mol. The number of fused-ring (bicyclic) bond motifs is 1. The van der Waals surface area contributed by atoms with Crippen molar-refractivity contribution in [2.75, 3.05) is 0 Å². The Balaban J connectivity index is 1.97. The molecule has 1 aromatic carbocycles. The number of H-pyrrole nitrogens is 1. The molecule has 3 rings (SSSR count). The largest absolute Gasteiger partial charge is 0.342 e. The average molecular weight is 252 g/mol. The van der Waals surface area contributed by atoms with Gasteiger partial charge in [-0.05, 0) is 30.7 Å². The van der Waals surface area contributed by atoms with Crippen molar-refractivity contribution in [3.63, 3.8) is 0 Å².